The van der Waals surface area contributed by atoms with Gasteiger partial charge in [0.25, 0.3) is 0 Å². The molecule has 1 aliphatic heterocycles. The van der Waals surface area contributed by atoms with Crippen molar-refractivity contribution in [3.05, 3.63) is 0 Å². The van der Waals surface area contributed by atoms with Gasteiger partial charge in [0.1, 0.15) is 0 Å². The Balaban J connectivity index is 1.69. The minimum absolute atomic E-state index is 0.366. The summed E-state index contributed by atoms with van der Waals surface area (Å²) in [6.45, 7) is 2.82. The average Bonchev–Trinajstić information content (AvgIpc) is 2.81. The van der Waals surface area contributed by atoms with Crippen molar-refractivity contribution in [1.29, 1.82) is 0 Å². The molecule has 0 bridgehead atoms. The summed E-state index contributed by atoms with van der Waals surface area (Å²) in [5.74, 6) is 1.03. The van der Waals surface area contributed by atoms with Gasteiger partial charge in [0.15, 0.2) is 0 Å². The Labute approximate surface area is 74.6 Å². The smallest absolute Gasteiger partial charge is 0.0586 e. The molecule has 0 spiro atoms. The van der Waals surface area contributed by atoms with Gasteiger partial charge >= 0.3 is 0 Å². The molecular weight excluding hydrogens is 150 g/mol. The average molecular weight is 169 g/mol. The number of likely N-dealkylation sites (tertiary alicyclic amines) is 1. The molecule has 1 aliphatic carbocycles. The second kappa shape index (κ2) is 3.75. The number of nitrogens with zero attached hydrogens (tertiary/aromatic N) is 1. The van der Waals surface area contributed by atoms with E-state index in [-0.39, 0.29) is 0 Å². The molecule has 0 aromatic heterocycles. The maximum Gasteiger partial charge on any atom is 0.0586 e. The number of aliphatic hydroxyl groups is 1. The van der Waals surface area contributed by atoms with Crippen LogP contribution in [-0.2, 0) is 0 Å². The monoisotopic (exact) mass is 169 g/mol. The number of aliphatic hydroxyl groups excluding tert-OH is 1. The topological polar surface area (TPSA) is 23.5 Å². The predicted molar refractivity (Wildman–Crippen MR) is 49.0 cm³/mol. The van der Waals surface area contributed by atoms with Crippen LogP contribution in [0.5, 0.6) is 0 Å². The highest BCUT2D eigenvalue weighted by Gasteiger charge is 2.26. The molecule has 2 nitrogen and oxygen atoms in total. The van der Waals surface area contributed by atoms with Crippen molar-refractivity contribution >= 4 is 0 Å². The summed E-state index contributed by atoms with van der Waals surface area (Å²) in [4.78, 5) is 2.47. The lowest BCUT2D eigenvalue weighted by molar-refractivity contribution is 0.156. The third-order valence-electron chi connectivity index (χ3n) is 3.23. The van der Waals surface area contributed by atoms with Gasteiger partial charge in [-0.3, -0.25) is 4.90 Å². The molecule has 2 fully saturated rings. The van der Waals surface area contributed by atoms with Crippen LogP contribution >= 0.6 is 0 Å². The fourth-order valence-electron chi connectivity index (χ4n) is 2.15. The van der Waals surface area contributed by atoms with Crippen molar-refractivity contribution in [3.8, 4) is 0 Å². The van der Waals surface area contributed by atoms with E-state index in [1.807, 2.05) is 0 Å². The Morgan fingerprint density at radius 3 is 2.75 bits per heavy atom. The van der Waals surface area contributed by atoms with Gasteiger partial charge in [-0.2, -0.15) is 0 Å². The van der Waals surface area contributed by atoms with Crippen LogP contribution in [0, 0.1) is 5.92 Å². The zero-order valence-corrected chi connectivity index (χ0v) is 7.71. The molecular formula is C10H19NO. The zero-order chi connectivity index (χ0) is 8.39. The van der Waals surface area contributed by atoms with Crippen LogP contribution < -0.4 is 0 Å². The number of rotatable bonds is 4. The van der Waals surface area contributed by atoms with Gasteiger partial charge in [0.2, 0.25) is 0 Å². The summed E-state index contributed by atoms with van der Waals surface area (Å²) in [6.07, 6.45) is 6.78. The fraction of sp³-hybridized carbons (Fsp3) is 1.00. The normalized spacial score (nSPS) is 31.2. The molecule has 2 rings (SSSR count). The molecule has 0 unspecified atom stereocenters. The van der Waals surface area contributed by atoms with Crippen LogP contribution in [0.1, 0.15) is 32.1 Å². The quantitative estimate of drug-likeness (QED) is 0.684. The maximum atomic E-state index is 9.08. The van der Waals surface area contributed by atoms with Gasteiger partial charge < -0.3 is 5.11 Å². The Morgan fingerprint density at radius 1 is 1.25 bits per heavy atom. The molecule has 2 heteroatoms. The highest BCUT2D eigenvalue weighted by atomic mass is 16.3. The summed E-state index contributed by atoms with van der Waals surface area (Å²) in [6, 6.07) is 0.490. The summed E-state index contributed by atoms with van der Waals surface area (Å²) in [7, 11) is 0. The summed E-state index contributed by atoms with van der Waals surface area (Å²) >= 11 is 0. The molecule has 0 aromatic carbocycles. The predicted octanol–water partition coefficient (Wildman–Crippen LogP) is 1.24. The zero-order valence-electron chi connectivity index (χ0n) is 7.71. The van der Waals surface area contributed by atoms with E-state index in [4.69, 9.17) is 5.11 Å². The SMILES string of the molecule is OC[C@@H]1CCCN1CCC1CC1. The molecule has 1 atom stereocenters. The van der Waals surface area contributed by atoms with Gasteiger partial charge in [0.05, 0.1) is 6.61 Å². The van der Waals surface area contributed by atoms with Gasteiger partial charge in [-0.15, -0.1) is 0 Å². The van der Waals surface area contributed by atoms with Crippen molar-refractivity contribution < 1.29 is 5.11 Å². The first-order valence-corrected chi connectivity index (χ1v) is 5.25. The van der Waals surface area contributed by atoms with Crippen LogP contribution in [0.2, 0.25) is 0 Å². The van der Waals surface area contributed by atoms with Crippen LogP contribution in [0.4, 0.5) is 0 Å². The summed E-state index contributed by atoms with van der Waals surface area (Å²) in [5, 5.41) is 9.08. The van der Waals surface area contributed by atoms with Gasteiger partial charge in [-0.1, -0.05) is 12.8 Å². The van der Waals surface area contributed by atoms with E-state index in [2.05, 4.69) is 4.90 Å². The Kier molecular flexibility index (Phi) is 2.66. The van der Waals surface area contributed by atoms with Crippen molar-refractivity contribution in [1.82, 2.24) is 4.90 Å². The lowest BCUT2D eigenvalue weighted by Gasteiger charge is -2.22. The van der Waals surface area contributed by atoms with Crippen LogP contribution in [0.15, 0.2) is 0 Å². The Morgan fingerprint density at radius 2 is 2.08 bits per heavy atom. The molecule has 1 saturated carbocycles. The first-order valence-electron chi connectivity index (χ1n) is 5.25. The van der Waals surface area contributed by atoms with E-state index >= 15 is 0 Å². The van der Waals surface area contributed by atoms with E-state index in [0.717, 1.165) is 5.92 Å². The van der Waals surface area contributed by atoms with E-state index in [1.165, 1.54) is 45.2 Å². The Hall–Kier alpha value is -0.0800. The van der Waals surface area contributed by atoms with Gasteiger partial charge in [-0.05, 0) is 38.3 Å². The van der Waals surface area contributed by atoms with Gasteiger partial charge in [0, 0.05) is 6.04 Å². The lowest BCUT2D eigenvalue weighted by atomic mass is 10.2. The maximum absolute atomic E-state index is 9.08. The van der Waals surface area contributed by atoms with Crippen molar-refractivity contribution in [2.45, 2.75) is 38.1 Å². The summed E-state index contributed by atoms with van der Waals surface area (Å²) < 4.78 is 0. The minimum Gasteiger partial charge on any atom is -0.395 e. The Bertz CT molecular complexity index is 145. The molecule has 0 radical (unpaired) electrons. The molecule has 0 amide bonds. The first kappa shape index (κ1) is 8.52. The minimum atomic E-state index is 0.366. The highest BCUT2D eigenvalue weighted by Crippen LogP contribution is 2.33. The van der Waals surface area contributed by atoms with Crippen molar-refractivity contribution in [3.63, 3.8) is 0 Å². The van der Waals surface area contributed by atoms with Crippen molar-refractivity contribution in [2.75, 3.05) is 19.7 Å². The highest BCUT2D eigenvalue weighted by molar-refractivity contribution is 4.81. The van der Waals surface area contributed by atoms with Crippen LogP contribution in [-0.4, -0.2) is 35.7 Å². The second-order valence-electron chi connectivity index (χ2n) is 4.25. The first-order chi connectivity index (χ1) is 5.90. The molecule has 1 N–H and O–H groups in total. The van der Waals surface area contributed by atoms with Gasteiger partial charge in [-0.25, -0.2) is 0 Å². The standard InChI is InChI=1S/C10H19NO/c12-8-10-2-1-6-11(10)7-5-9-3-4-9/h9-10,12H,1-8H2/t10-/m0/s1. The number of hydrogen-bond acceptors (Lipinski definition) is 2. The van der Waals surface area contributed by atoms with E-state index in [1.54, 1.807) is 0 Å². The molecule has 0 aromatic rings. The second-order valence-corrected chi connectivity index (χ2v) is 4.25. The van der Waals surface area contributed by atoms with Crippen LogP contribution in [0.3, 0.4) is 0 Å². The molecule has 1 heterocycles. The molecule has 70 valence electrons. The summed E-state index contributed by atoms with van der Waals surface area (Å²) in [5.41, 5.74) is 0. The van der Waals surface area contributed by atoms with Crippen LogP contribution in [0.25, 0.3) is 0 Å². The van der Waals surface area contributed by atoms with E-state index in [0.29, 0.717) is 12.6 Å². The third-order valence-corrected chi connectivity index (χ3v) is 3.23. The molecule has 2 aliphatic rings. The molecule has 1 saturated heterocycles. The molecule has 12 heavy (non-hydrogen) atoms. The number of hydrogen-bond donors (Lipinski definition) is 1. The largest absolute Gasteiger partial charge is 0.395 e. The van der Waals surface area contributed by atoms with Crippen molar-refractivity contribution in [2.24, 2.45) is 5.92 Å². The fourth-order valence-corrected chi connectivity index (χ4v) is 2.15. The van der Waals surface area contributed by atoms with E-state index < -0.39 is 0 Å². The lowest BCUT2D eigenvalue weighted by Crippen LogP contribution is -2.33. The third kappa shape index (κ3) is 1.99. The van der Waals surface area contributed by atoms with E-state index in [9.17, 15) is 0 Å².